The van der Waals surface area contributed by atoms with Crippen LogP contribution in [0.25, 0.3) is 0 Å². The van der Waals surface area contributed by atoms with Crippen LogP contribution in [0.5, 0.6) is 0 Å². The van der Waals surface area contributed by atoms with E-state index in [0.717, 1.165) is 0 Å². The first-order chi connectivity index (χ1) is 8.88. The van der Waals surface area contributed by atoms with E-state index in [-0.39, 0.29) is 5.25 Å². The Bertz CT molecular complexity index is 485. The maximum Gasteiger partial charge on any atom is 0.237 e. The summed E-state index contributed by atoms with van der Waals surface area (Å²) in [5.41, 5.74) is 13.3. The molecule has 0 aromatic heterocycles. The molecule has 1 aromatic rings. The number of rotatable bonds is 5. The van der Waals surface area contributed by atoms with E-state index in [1.165, 1.54) is 35.3 Å². The van der Waals surface area contributed by atoms with Gasteiger partial charge in [0.15, 0.2) is 0 Å². The summed E-state index contributed by atoms with van der Waals surface area (Å²) in [5, 5.41) is 0.266. The predicted molar refractivity (Wildman–Crippen MR) is 80.2 cm³/mol. The van der Waals surface area contributed by atoms with Crippen molar-refractivity contribution >= 4 is 17.7 Å². The molecule has 1 aromatic carbocycles. The van der Waals surface area contributed by atoms with Crippen LogP contribution in [0.4, 0.5) is 0 Å². The first-order valence-electron chi connectivity index (χ1n) is 6.76. The Labute approximate surface area is 119 Å². The van der Waals surface area contributed by atoms with Gasteiger partial charge in [-0.1, -0.05) is 13.0 Å². The molecule has 0 saturated carbocycles. The zero-order chi connectivity index (χ0) is 14.0. The van der Waals surface area contributed by atoms with Crippen molar-refractivity contribution in [1.82, 2.24) is 0 Å². The van der Waals surface area contributed by atoms with E-state index < -0.39 is 11.4 Å². The molecule has 4 N–H and O–H groups in total. The minimum Gasteiger partial charge on any atom is -0.368 e. The van der Waals surface area contributed by atoms with E-state index in [4.69, 9.17) is 11.5 Å². The van der Waals surface area contributed by atoms with Gasteiger partial charge in [0.1, 0.15) is 0 Å². The van der Waals surface area contributed by atoms with Crippen molar-refractivity contribution in [2.24, 2.45) is 11.5 Å². The molecule has 0 heterocycles. The lowest BCUT2D eigenvalue weighted by atomic mass is 9.97. The first kappa shape index (κ1) is 14.4. The fraction of sp³-hybridized carbons (Fsp3) is 0.533. The van der Waals surface area contributed by atoms with E-state index in [1.807, 2.05) is 0 Å². The van der Waals surface area contributed by atoms with Crippen molar-refractivity contribution in [3.05, 3.63) is 29.3 Å². The molecule has 0 saturated heterocycles. The van der Waals surface area contributed by atoms with Crippen molar-refractivity contribution in [3.8, 4) is 0 Å². The topological polar surface area (TPSA) is 69.1 Å². The van der Waals surface area contributed by atoms with E-state index in [0.29, 0.717) is 6.42 Å². The normalized spacial score (nSPS) is 18.7. The minimum atomic E-state index is -0.927. The number of benzene rings is 1. The fourth-order valence-corrected chi connectivity index (χ4v) is 3.84. The Hall–Kier alpha value is -1.00. The smallest absolute Gasteiger partial charge is 0.237 e. The third-order valence-electron chi connectivity index (χ3n) is 3.68. The van der Waals surface area contributed by atoms with Gasteiger partial charge in [0.2, 0.25) is 5.91 Å². The number of thioether (sulfide) groups is 1. The van der Waals surface area contributed by atoms with E-state index >= 15 is 0 Å². The number of hydrogen-bond donors (Lipinski definition) is 2. The van der Waals surface area contributed by atoms with Crippen LogP contribution >= 0.6 is 11.8 Å². The van der Waals surface area contributed by atoms with Crippen LogP contribution in [0, 0.1) is 0 Å². The zero-order valence-corrected chi connectivity index (χ0v) is 12.4. The van der Waals surface area contributed by atoms with Gasteiger partial charge in [-0.3, -0.25) is 4.79 Å². The molecule has 2 atom stereocenters. The average Bonchev–Trinajstić information content (AvgIpc) is 2.74. The van der Waals surface area contributed by atoms with Crippen LogP contribution < -0.4 is 11.5 Å². The second kappa shape index (κ2) is 5.55. The monoisotopic (exact) mass is 278 g/mol. The Morgan fingerprint density at radius 1 is 1.42 bits per heavy atom. The Balaban J connectivity index is 1.99. The van der Waals surface area contributed by atoms with Crippen molar-refractivity contribution in [2.45, 2.75) is 55.2 Å². The molecule has 0 bridgehead atoms. The minimum absolute atomic E-state index is 0.266. The number of carbonyl (C=O) groups excluding carboxylic acids is 1. The molecule has 0 spiro atoms. The highest BCUT2D eigenvalue weighted by molar-refractivity contribution is 7.99. The molecular formula is C15H22N2OS. The Morgan fingerprint density at radius 3 is 2.79 bits per heavy atom. The summed E-state index contributed by atoms with van der Waals surface area (Å²) < 4.78 is 0. The van der Waals surface area contributed by atoms with Crippen LogP contribution in [0.2, 0.25) is 0 Å². The lowest BCUT2D eigenvalue weighted by molar-refractivity contribution is -0.122. The highest BCUT2D eigenvalue weighted by atomic mass is 32.2. The van der Waals surface area contributed by atoms with Gasteiger partial charge in [-0.15, -0.1) is 11.8 Å². The lowest BCUT2D eigenvalue weighted by Crippen LogP contribution is -2.50. The van der Waals surface area contributed by atoms with Crippen molar-refractivity contribution in [2.75, 3.05) is 0 Å². The SMILES string of the molecule is CC(CC(C)(N)C(N)=O)Sc1ccc2c(c1)CCC2. The maximum atomic E-state index is 11.3. The van der Waals surface area contributed by atoms with Gasteiger partial charge in [-0.05, 0) is 55.9 Å². The molecule has 1 aliphatic carbocycles. The molecule has 19 heavy (non-hydrogen) atoms. The molecule has 104 valence electrons. The van der Waals surface area contributed by atoms with Crippen LogP contribution in [0.15, 0.2) is 23.1 Å². The summed E-state index contributed by atoms with van der Waals surface area (Å²) in [6, 6.07) is 6.68. The number of carbonyl (C=O) groups is 1. The number of aryl methyl sites for hydroxylation is 2. The number of fused-ring (bicyclic) bond motifs is 1. The second-order valence-corrected chi connectivity index (χ2v) is 7.21. The van der Waals surface area contributed by atoms with Gasteiger partial charge in [0, 0.05) is 10.1 Å². The van der Waals surface area contributed by atoms with Crippen molar-refractivity contribution in [1.29, 1.82) is 0 Å². The summed E-state index contributed by atoms with van der Waals surface area (Å²) >= 11 is 1.77. The van der Waals surface area contributed by atoms with E-state index in [9.17, 15) is 4.79 Å². The Kier molecular flexibility index (Phi) is 4.21. The molecule has 0 radical (unpaired) electrons. The van der Waals surface area contributed by atoms with E-state index in [2.05, 4.69) is 25.1 Å². The quantitative estimate of drug-likeness (QED) is 0.812. The molecular weight excluding hydrogens is 256 g/mol. The van der Waals surface area contributed by atoms with Gasteiger partial charge >= 0.3 is 0 Å². The standard InChI is InChI=1S/C15H22N2OS/c1-10(9-15(2,17)14(16)18)19-13-7-6-11-4-3-5-12(11)8-13/h6-8,10H,3-5,9,17H2,1-2H3,(H2,16,18). The highest BCUT2D eigenvalue weighted by Crippen LogP contribution is 2.32. The molecule has 2 unspecified atom stereocenters. The Morgan fingerprint density at radius 2 is 2.11 bits per heavy atom. The van der Waals surface area contributed by atoms with Crippen molar-refractivity contribution < 1.29 is 4.79 Å². The lowest BCUT2D eigenvalue weighted by Gasteiger charge is -2.24. The maximum absolute atomic E-state index is 11.3. The number of hydrogen-bond acceptors (Lipinski definition) is 3. The molecule has 1 aliphatic rings. The third-order valence-corrected chi connectivity index (χ3v) is 4.78. The third kappa shape index (κ3) is 3.51. The first-order valence-corrected chi connectivity index (χ1v) is 7.64. The number of nitrogens with two attached hydrogens (primary N) is 2. The van der Waals surface area contributed by atoms with E-state index in [1.54, 1.807) is 18.7 Å². The molecule has 4 heteroatoms. The van der Waals surface area contributed by atoms with Gasteiger partial charge in [-0.2, -0.15) is 0 Å². The van der Waals surface area contributed by atoms with Gasteiger partial charge in [0.05, 0.1) is 5.54 Å². The number of primary amides is 1. The second-order valence-electron chi connectivity index (χ2n) is 5.70. The predicted octanol–water partition coefficient (Wildman–Crippen LogP) is 2.25. The summed E-state index contributed by atoms with van der Waals surface area (Å²) in [6.07, 6.45) is 4.25. The van der Waals surface area contributed by atoms with Crippen LogP contribution in [0.3, 0.4) is 0 Å². The van der Waals surface area contributed by atoms with Crippen LogP contribution in [0.1, 0.15) is 37.8 Å². The zero-order valence-electron chi connectivity index (χ0n) is 11.6. The highest BCUT2D eigenvalue weighted by Gasteiger charge is 2.28. The fourth-order valence-electron chi connectivity index (χ4n) is 2.59. The summed E-state index contributed by atoms with van der Waals surface area (Å²) in [4.78, 5) is 12.5. The van der Waals surface area contributed by atoms with Crippen molar-refractivity contribution in [3.63, 3.8) is 0 Å². The van der Waals surface area contributed by atoms with Gasteiger partial charge in [-0.25, -0.2) is 0 Å². The molecule has 1 amide bonds. The summed E-state index contributed by atoms with van der Waals surface area (Å²) in [7, 11) is 0. The molecule has 2 rings (SSSR count). The molecule has 3 nitrogen and oxygen atoms in total. The largest absolute Gasteiger partial charge is 0.368 e. The van der Waals surface area contributed by atoms with Crippen LogP contribution in [-0.2, 0) is 17.6 Å². The summed E-state index contributed by atoms with van der Waals surface area (Å²) in [6.45, 7) is 3.79. The van der Waals surface area contributed by atoms with Gasteiger partial charge < -0.3 is 11.5 Å². The van der Waals surface area contributed by atoms with Crippen LogP contribution in [-0.4, -0.2) is 16.7 Å². The molecule has 0 aliphatic heterocycles. The molecule has 0 fully saturated rings. The average molecular weight is 278 g/mol. The summed E-state index contributed by atoms with van der Waals surface area (Å²) in [5.74, 6) is -0.436. The number of amides is 1. The van der Waals surface area contributed by atoms with Gasteiger partial charge in [0.25, 0.3) is 0 Å².